The summed E-state index contributed by atoms with van der Waals surface area (Å²) in [5.74, 6) is 1.32. The third kappa shape index (κ3) is 4.42. The molecule has 1 aromatic heterocycles. The van der Waals surface area contributed by atoms with E-state index >= 15 is 0 Å². The van der Waals surface area contributed by atoms with Crippen molar-refractivity contribution in [2.75, 3.05) is 6.54 Å². The highest BCUT2D eigenvalue weighted by Crippen LogP contribution is 2.02. The van der Waals surface area contributed by atoms with Crippen molar-refractivity contribution in [3.05, 3.63) is 11.7 Å². The van der Waals surface area contributed by atoms with Crippen molar-refractivity contribution in [3.8, 4) is 0 Å². The lowest BCUT2D eigenvalue weighted by molar-refractivity contribution is -0.121. The molecule has 0 radical (unpaired) electrons. The SMILES string of the molecule is CCCNC(=O)CCc1nc(CCC)no1. The Kier molecular flexibility index (Phi) is 5.53. The Morgan fingerprint density at radius 2 is 2.12 bits per heavy atom. The number of hydrogen-bond acceptors (Lipinski definition) is 4. The van der Waals surface area contributed by atoms with Gasteiger partial charge in [-0.3, -0.25) is 4.79 Å². The minimum absolute atomic E-state index is 0.0390. The molecule has 1 rings (SSSR count). The highest BCUT2D eigenvalue weighted by atomic mass is 16.5. The standard InChI is InChI=1S/C11H19N3O2/c1-3-5-9-13-11(16-14-9)7-6-10(15)12-8-4-2/h3-8H2,1-2H3,(H,12,15). The van der Waals surface area contributed by atoms with E-state index < -0.39 is 0 Å². The van der Waals surface area contributed by atoms with E-state index in [1.807, 2.05) is 6.92 Å². The molecule has 0 aromatic carbocycles. The number of carbonyl (C=O) groups is 1. The van der Waals surface area contributed by atoms with E-state index in [1.165, 1.54) is 0 Å². The van der Waals surface area contributed by atoms with Gasteiger partial charge in [0.2, 0.25) is 11.8 Å². The average molecular weight is 225 g/mol. The molecule has 1 heterocycles. The van der Waals surface area contributed by atoms with Gasteiger partial charge in [-0.05, 0) is 12.8 Å². The van der Waals surface area contributed by atoms with Crippen molar-refractivity contribution in [2.24, 2.45) is 0 Å². The van der Waals surface area contributed by atoms with Gasteiger partial charge < -0.3 is 9.84 Å². The summed E-state index contributed by atoms with van der Waals surface area (Å²) in [6.45, 7) is 4.81. The maximum Gasteiger partial charge on any atom is 0.227 e. The van der Waals surface area contributed by atoms with Crippen molar-refractivity contribution in [3.63, 3.8) is 0 Å². The van der Waals surface area contributed by atoms with Gasteiger partial charge in [-0.25, -0.2) is 0 Å². The van der Waals surface area contributed by atoms with Crippen LogP contribution in [0.5, 0.6) is 0 Å². The number of hydrogen-bond donors (Lipinski definition) is 1. The molecule has 0 unspecified atom stereocenters. The zero-order chi connectivity index (χ0) is 11.8. The van der Waals surface area contributed by atoms with Crippen LogP contribution in [0.15, 0.2) is 4.52 Å². The minimum Gasteiger partial charge on any atom is -0.356 e. The van der Waals surface area contributed by atoms with Gasteiger partial charge in [0.05, 0.1) is 0 Å². The Bertz CT molecular complexity index is 323. The fraction of sp³-hybridized carbons (Fsp3) is 0.727. The number of aromatic nitrogens is 2. The lowest BCUT2D eigenvalue weighted by Gasteiger charge is -2.00. The number of amides is 1. The van der Waals surface area contributed by atoms with Gasteiger partial charge in [0.25, 0.3) is 0 Å². The predicted octanol–water partition coefficient (Wildman–Crippen LogP) is 1.48. The molecule has 0 aliphatic carbocycles. The Labute approximate surface area is 95.6 Å². The van der Waals surface area contributed by atoms with Crippen molar-refractivity contribution >= 4 is 5.91 Å². The molecule has 0 fully saturated rings. The molecule has 0 aliphatic heterocycles. The summed E-state index contributed by atoms with van der Waals surface area (Å²) in [5.41, 5.74) is 0. The molecule has 5 nitrogen and oxygen atoms in total. The molecule has 1 N–H and O–H groups in total. The van der Waals surface area contributed by atoms with Gasteiger partial charge in [0.1, 0.15) is 0 Å². The molecule has 1 aromatic rings. The number of aryl methyl sites for hydroxylation is 2. The zero-order valence-electron chi connectivity index (χ0n) is 9.95. The third-order valence-corrected chi connectivity index (χ3v) is 2.12. The summed E-state index contributed by atoms with van der Waals surface area (Å²) in [7, 11) is 0. The van der Waals surface area contributed by atoms with Gasteiger partial charge in [-0.2, -0.15) is 4.98 Å². The van der Waals surface area contributed by atoms with Crippen LogP contribution in [0, 0.1) is 0 Å². The van der Waals surface area contributed by atoms with Crippen LogP contribution in [0.1, 0.15) is 44.8 Å². The molecule has 0 saturated heterocycles. The van der Waals surface area contributed by atoms with Crippen LogP contribution in [0.25, 0.3) is 0 Å². The highest BCUT2D eigenvalue weighted by molar-refractivity contribution is 5.75. The smallest absolute Gasteiger partial charge is 0.227 e. The van der Waals surface area contributed by atoms with E-state index in [1.54, 1.807) is 0 Å². The Hall–Kier alpha value is -1.39. The highest BCUT2D eigenvalue weighted by Gasteiger charge is 2.07. The average Bonchev–Trinajstić information content (AvgIpc) is 2.72. The fourth-order valence-corrected chi connectivity index (χ4v) is 1.29. The summed E-state index contributed by atoms with van der Waals surface area (Å²) in [5, 5.41) is 6.63. The van der Waals surface area contributed by atoms with E-state index in [9.17, 15) is 4.79 Å². The Morgan fingerprint density at radius 3 is 2.81 bits per heavy atom. The summed E-state index contributed by atoms with van der Waals surface area (Å²) < 4.78 is 5.03. The summed E-state index contributed by atoms with van der Waals surface area (Å²) in [6.07, 6.45) is 3.70. The number of nitrogens with one attached hydrogen (secondary N) is 1. The predicted molar refractivity (Wildman–Crippen MR) is 59.9 cm³/mol. The lowest BCUT2D eigenvalue weighted by Crippen LogP contribution is -2.24. The molecule has 0 atom stereocenters. The Balaban J connectivity index is 2.28. The van der Waals surface area contributed by atoms with Crippen LogP contribution < -0.4 is 5.32 Å². The molecule has 90 valence electrons. The van der Waals surface area contributed by atoms with E-state index in [4.69, 9.17) is 4.52 Å². The van der Waals surface area contributed by atoms with Crippen LogP contribution in [0.4, 0.5) is 0 Å². The molecule has 16 heavy (non-hydrogen) atoms. The quantitative estimate of drug-likeness (QED) is 0.763. The summed E-state index contributed by atoms with van der Waals surface area (Å²) >= 11 is 0. The van der Waals surface area contributed by atoms with Gasteiger partial charge in [0.15, 0.2) is 5.82 Å². The van der Waals surface area contributed by atoms with E-state index in [0.29, 0.717) is 18.7 Å². The summed E-state index contributed by atoms with van der Waals surface area (Å²) in [6, 6.07) is 0. The van der Waals surface area contributed by atoms with Crippen LogP contribution in [0.2, 0.25) is 0 Å². The van der Waals surface area contributed by atoms with Crippen LogP contribution in [-0.4, -0.2) is 22.6 Å². The molecule has 5 heteroatoms. The second-order valence-corrected chi connectivity index (χ2v) is 3.70. The molecule has 1 amide bonds. The van der Waals surface area contributed by atoms with Crippen molar-refractivity contribution in [2.45, 2.75) is 46.0 Å². The first kappa shape index (κ1) is 12.7. The van der Waals surface area contributed by atoms with E-state index in [0.717, 1.165) is 31.6 Å². The molecule has 0 bridgehead atoms. The number of carbonyl (C=O) groups excluding carboxylic acids is 1. The lowest BCUT2D eigenvalue weighted by atomic mass is 10.3. The van der Waals surface area contributed by atoms with Crippen LogP contribution >= 0.6 is 0 Å². The van der Waals surface area contributed by atoms with Gasteiger partial charge in [-0.15, -0.1) is 0 Å². The van der Waals surface area contributed by atoms with Crippen molar-refractivity contribution < 1.29 is 9.32 Å². The number of rotatable bonds is 7. The van der Waals surface area contributed by atoms with Gasteiger partial charge in [-0.1, -0.05) is 19.0 Å². The Morgan fingerprint density at radius 1 is 1.31 bits per heavy atom. The van der Waals surface area contributed by atoms with Crippen molar-refractivity contribution in [1.29, 1.82) is 0 Å². The molecule has 0 saturated carbocycles. The molecule has 0 spiro atoms. The zero-order valence-corrected chi connectivity index (χ0v) is 9.95. The van der Waals surface area contributed by atoms with Gasteiger partial charge >= 0.3 is 0 Å². The molecular formula is C11H19N3O2. The minimum atomic E-state index is 0.0390. The number of nitrogens with zero attached hydrogens (tertiary/aromatic N) is 2. The third-order valence-electron chi connectivity index (χ3n) is 2.12. The second kappa shape index (κ2) is 6.98. The second-order valence-electron chi connectivity index (χ2n) is 3.70. The maximum atomic E-state index is 11.3. The largest absolute Gasteiger partial charge is 0.356 e. The van der Waals surface area contributed by atoms with E-state index in [2.05, 4.69) is 22.4 Å². The topological polar surface area (TPSA) is 68.0 Å². The molecular weight excluding hydrogens is 206 g/mol. The first-order valence-corrected chi connectivity index (χ1v) is 5.84. The summed E-state index contributed by atoms with van der Waals surface area (Å²) in [4.78, 5) is 15.5. The molecule has 0 aliphatic rings. The fourth-order valence-electron chi connectivity index (χ4n) is 1.29. The van der Waals surface area contributed by atoms with E-state index in [-0.39, 0.29) is 5.91 Å². The van der Waals surface area contributed by atoms with Crippen molar-refractivity contribution in [1.82, 2.24) is 15.5 Å². The normalized spacial score (nSPS) is 10.4. The monoisotopic (exact) mass is 225 g/mol. The van der Waals surface area contributed by atoms with Crippen LogP contribution in [-0.2, 0) is 17.6 Å². The van der Waals surface area contributed by atoms with Gasteiger partial charge in [0, 0.05) is 25.8 Å². The first-order chi connectivity index (χ1) is 7.76. The first-order valence-electron chi connectivity index (χ1n) is 5.84. The van der Waals surface area contributed by atoms with Crippen LogP contribution in [0.3, 0.4) is 0 Å². The maximum absolute atomic E-state index is 11.3.